The van der Waals surface area contributed by atoms with Crippen LogP contribution in [0, 0.1) is 23.2 Å². The molecule has 0 heterocycles. The van der Waals surface area contributed by atoms with Gasteiger partial charge in [-0.3, -0.25) is 4.79 Å². The SMILES string of the molecule is O=C(CCCO)NCCOC12CC3CC4CC(C1)C2(C4)C3. The van der Waals surface area contributed by atoms with Gasteiger partial charge < -0.3 is 15.2 Å². The highest BCUT2D eigenvalue weighted by Gasteiger charge is 2.75. The summed E-state index contributed by atoms with van der Waals surface area (Å²) in [5, 5.41) is 11.6. The molecule has 4 aliphatic rings. The van der Waals surface area contributed by atoms with Crippen molar-refractivity contribution in [1.82, 2.24) is 5.32 Å². The van der Waals surface area contributed by atoms with Crippen molar-refractivity contribution in [1.29, 1.82) is 0 Å². The molecule has 0 saturated heterocycles. The van der Waals surface area contributed by atoms with Gasteiger partial charge in [0.2, 0.25) is 5.91 Å². The van der Waals surface area contributed by atoms with Crippen molar-refractivity contribution in [3.8, 4) is 0 Å². The van der Waals surface area contributed by atoms with Crippen LogP contribution in [0.25, 0.3) is 0 Å². The number of nitrogens with one attached hydrogen (secondary N) is 1. The third kappa shape index (κ3) is 1.98. The van der Waals surface area contributed by atoms with Gasteiger partial charge in [0.1, 0.15) is 0 Å². The van der Waals surface area contributed by atoms with Gasteiger partial charge in [-0.1, -0.05) is 0 Å². The van der Waals surface area contributed by atoms with Crippen LogP contribution in [-0.2, 0) is 9.53 Å². The number of amides is 1. The molecular formula is C17H27NO3. The molecule has 0 aromatic rings. The second-order valence-corrected chi connectivity index (χ2v) is 7.89. The maximum atomic E-state index is 11.5. The summed E-state index contributed by atoms with van der Waals surface area (Å²) >= 11 is 0. The van der Waals surface area contributed by atoms with Crippen molar-refractivity contribution in [3.05, 3.63) is 0 Å². The third-order valence-electron chi connectivity index (χ3n) is 6.84. The summed E-state index contributed by atoms with van der Waals surface area (Å²) in [6.07, 6.45) is 9.24. The van der Waals surface area contributed by atoms with Gasteiger partial charge in [-0.25, -0.2) is 0 Å². The maximum Gasteiger partial charge on any atom is 0.220 e. The molecule has 4 aliphatic carbocycles. The molecular weight excluding hydrogens is 266 g/mol. The van der Waals surface area contributed by atoms with Crippen LogP contribution < -0.4 is 5.32 Å². The van der Waals surface area contributed by atoms with Gasteiger partial charge in [0, 0.05) is 25.0 Å². The number of carbonyl (C=O) groups is 1. The molecule has 0 aromatic carbocycles. The predicted octanol–water partition coefficient (Wildman–Crippen LogP) is 1.86. The first kappa shape index (κ1) is 14.0. The van der Waals surface area contributed by atoms with E-state index >= 15 is 0 Å². The number of aliphatic hydroxyl groups excluding tert-OH is 1. The topological polar surface area (TPSA) is 58.6 Å². The second kappa shape index (κ2) is 4.95. The minimum atomic E-state index is 0.0286. The summed E-state index contributed by atoms with van der Waals surface area (Å²) in [7, 11) is 0. The van der Waals surface area contributed by atoms with Gasteiger partial charge in [0.15, 0.2) is 0 Å². The standard InChI is InChI=1S/C17H27NO3/c19-4-1-2-15(20)18-3-5-21-17-10-13-6-12-7-14(11-17)16(17,8-12)9-13/h12-14,19H,1-11H2,(H,18,20). The molecule has 3 bridgehead atoms. The number of hydrogen-bond acceptors (Lipinski definition) is 3. The zero-order valence-corrected chi connectivity index (χ0v) is 12.8. The summed E-state index contributed by atoms with van der Waals surface area (Å²) in [6, 6.07) is 0. The molecule has 4 rings (SSSR count). The summed E-state index contributed by atoms with van der Waals surface area (Å²) < 4.78 is 6.38. The van der Waals surface area contributed by atoms with Crippen LogP contribution in [0.3, 0.4) is 0 Å². The van der Waals surface area contributed by atoms with Crippen LogP contribution in [0.5, 0.6) is 0 Å². The molecule has 4 nitrogen and oxygen atoms in total. The van der Waals surface area contributed by atoms with Crippen LogP contribution in [0.4, 0.5) is 0 Å². The zero-order valence-electron chi connectivity index (χ0n) is 12.8. The van der Waals surface area contributed by atoms with Crippen LogP contribution >= 0.6 is 0 Å². The van der Waals surface area contributed by atoms with Crippen molar-refractivity contribution >= 4 is 5.91 Å². The van der Waals surface area contributed by atoms with Crippen molar-refractivity contribution in [3.63, 3.8) is 0 Å². The van der Waals surface area contributed by atoms with Crippen molar-refractivity contribution in [2.24, 2.45) is 23.2 Å². The fourth-order valence-electron chi connectivity index (χ4n) is 6.32. The third-order valence-corrected chi connectivity index (χ3v) is 6.84. The largest absolute Gasteiger partial charge is 0.396 e. The lowest BCUT2D eigenvalue weighted by atomic mass is 9.52. The minimum absolute atomic E-state index is 0.0286. The highest BCUT2D eigenvalue weighted by Crippen LogP contribution is 2.78. The molecule has 1 amide bonds. The average molecular weight is 293 g/mol. The molecule has 4 saturated carbocycles. The smallest absolute Gasteiger partial charge is 0.220 e. The van der Waals surface area contributed by atoms with E-state index in [2.05, 4.69) is 5.32 Å². The molecule has 4 heteroatoms. The summed E-state index contributed by atoms with van der Waals surface area (Å²) in [5.74, 6) is 2.87. The average Bonchev–Trinajstić information content (AvgIpc) is 2.77. The molecule has 21 heavy (non-hydrogen) atoms. The fourth-order valence-corrected chi connectivity index (χ4v) is 6.32. The maximum absolute atomic E-state index is 11.5. The molecule has 0 radical (unpaired) electrons. The van der Waals surface area contributed by atoms with Crippen LogP contribution in [-0.4, -0.2) is 36.4 Å². The lowest BCUT2D eigenvalue weighted by Gasteiger charge is -2.58. The quantitative estimate of drug-likeness (QED) is 0.704. The van der Waals surface area contributed by atoms with Crippen molar-refractivity contribution < 1.29 is 14.6 Å². The molecule has 2 N–H and O–H groups in total. The highest BCUT2D eigenvalue weighted by molar-refractivity contribution is 5.75. The lowest BCUT2D eigenvalue weighted by molar-refractivity contribution is -0.211. The van der Waals surface area contributed by atoms with Crippen molar-refractivity contribution in [2.75, 3.05) is 19.8 Å². The normalized spacial score (nSPS) is 45.5. The van der Waals surface area contributed by atoms with Gasteiger partial charge in [0.25, 0.3) is 0 Å². The number of aliphatic hydroxyl groups is 1. The zero-order chi connectivity index (χ0) is 14.5. The molecule has 5 atom stereocenters. The molecule has 118 valence electrons. The van der Waals surface area contributed by atoms with E-state index in [9.17, 15) is 4.79 Å². The molecule has 1 spiro atoms. The van der Waals surface area contributed by atoms with Crippen molar-refractivity contribution in [2.45, 2.75) is 57.0 Å². The molecule has 0 aliphatic heterocycles. The Morgan fingerprint density at radius 2 is 2.05 bits per heavy atom. The van der Waals surface area contributed by atoms with E-state index in [-0.39, 0.29) is 18.1 Å². The number of carbonyl (C=O) groups excluding carboxylic acids is 1. The summed E-state index contributed by atoms with van der Waals surface area (Å²) in [4.78, 5) is 11.5. The summed E-state index contributed by atoms with van der Waals surface area (Å²) in [5.41, 5.74) is 0.699. The molecule has 5 unspecified atom stereocenters. The first-order chi connectivity index (χ1) is 10.2. The van der Waals surface area contributed by atoms with Gasteiger partial charge in [0.05, 0.1) is 12.2 Å². The van der Waals surface area contributed by atoms with E-state index in [0.717, 1.165) is 17.8 Å². The first-order valence-corrected chi connectivity index (χ1v) is 8.69. The Labute approximate surface area is 126 Å². The monoisotopic (exact) mass is 293 g/mol. The van der Waals surface area contributed by atoms with E-state index in [4.69, 9.17) is 9.84 Å². The van der Waals surface area contributed by atoms with E-state index in [1.54, 1.807) is 0 Å². The van der Waals surface area contributed by atoms with Gasteiger partial charge in [-0.05, 0) is 62.7 Å². The Kier molecular flexibility index (Phi) is 3.30. The first-order valence-electron chi connectivity index (χ1n) is 8.69. The van der Waals surface area contributed by atoms with E-state index in [1.165, 1.54) is 38.5 Å². The Balaban J connectivity index is 1.28. The molecule has 4 fully saturated rings. The predicted molar refractivity (Wildman–Crippen MR) is 78.6 cm³/mol. The van der Waals surface area contributed by atoms with Gasteiger partial charge in [-0.2, -0.15) is 0 Å². The second-order valence-electron chi connectivity index (χ2n) is 7.89. The van der Waals surface area contributed by atoms with Crippen LogP contribution in [0.15, 0.2) is 0 Å². The van der Waals surface area contributed by atoms with Crippen LogP contribution in [0.2, 0.25) is 0 Å². The Morgan fingerprint density at radius 3 is 2.90 bits per heavy atom. The van der Waals surface area contributed by atoms with Crippen LogP contribution in [0.1, 0.15) is 51.4 Å². The number of ether oxygens (including phenoxy) is 1. The van der Waals surface area contributed by atoms with Gasteiger partial charge in [-0.15, -0.1) is 0 Å². The highest BCUT2D eigenvalue weighted by atomic mass is 16.5. The van der Waals surface area contributed by atoms with Gasteiger partial charge >= 0.3 is 0 Å². The fraction of sp³-hybridized carbons (Fsp3) is 0.941. The Hall–Kier alpha value is -0.610. The Morgan fingerprint density at radius 1 is 1.19 bits per heavy atom. The lowest BCUT2D eigenvalue weighted by Crippen LogP contribution is -2.59. The summed E-state index contributed by atoms with van der Waals surface area (Å²) in [6.45, 7) is 1.34. The Bertz CT molecular complexity index is 434. The van der Waals surface area contributed by atoms with E-state index < -0.39 is 0 Å². The number of rotatable bonds is 7. The minimum Gasteiger partial charge on any atom is -0.396 e. The molecule has 0 aromatic heterocycles. The van der Waals surface area contributed by atoms with E-state index in [1.807, 2.05) is 0 Å². The van der Waals surface area contributed by atoms with E-state index in [0.29, 0.717) is 31.4 Å². The number of hydrogen-bond donors (Lipinski definition) is 2. The number of fused-ring (bicyclic) bond motifs is 2.